The Bertz CT molecular complexity index is 900. The van der Waals surface area contributed by atoms with Gasteiger partial charge in [0.05, 0.1) is 11.2 Å². The molecule has 0 N–H and O–H groups in total. The van der Waals surface area contributed by atoms with Crippen LogP contribution < -0.4 is 0 Å². The molecule has 0 saturated carbocycles. The molecule has 3 aliphatic heterocycles. The number of hydrogen-bond acceptors (Lipinski definition) is 4. The molecule has 4 heterocycles. The monoisotopic (exact) mass is 413 g/mol. The summed E-state index contributed by atoms with van der Waals surface area (Å²) >= 11 is 1.45. The lowest BCUT2D eigenvalue weighted by Gasteiger charge is -2.57. The third kappa shape index (κ3) is 3.61. The van der Waals surface area contributed by atoms with Gasteiger partial charge in [-0.1, -0.05) is 18.6 Å². The van der Waals surface area contributed by atoms with E-state index < -0.39 is 0 Å². The SMILES string of the molecule is Cc1ncsc1C(=O)N1C[C@H]2C[C@@H](C1)[C@H](Cc1cccc(F)c1)N1CCCC[C@@H]21. The van der Waals surface area contributed by atoms with Crippen molar-refractivity contribution in [2.45, 2.75) is 51.1 Å². The number of fused-ring (bicyclic) bond motifs is 4. The number of nitrogens with zero attached hydrogens (tertiary/aromatic N) is 3. The van der Waals surface area contributed by atoms with Crippen LogP contribution in [0.4, 0.5) is 4.39 Å². The van der Waals surface area contributed by atoms with Crippen molar-refractivity contribution in [3.05, 3.63) is 51.7 Å². The Morgan fingerprint density at radius 2 is 2.14 bits per heavy atom. The highest BCUT2D eigenvalue weighted by atomic mass is 32.1. The van der Waals surface area contributed by atoms with Gasteiger partial charge in [-0.15, -0.1) is 11.3 Å². The van der Waals surface area contributed by atoms with Crippen LogP contribution in [0, 0.1) is 24.6 Å². The van der Waals surface area contributed by atoms with E-state index in [1.807, 2.05) is 19.1 Å². The highest BCUT2D eigenvalue weighted by Gasteiger charge is 2.48. The third-order valence-corrected chi connectivity index (χ3v) is 8.10. The molecule has 3 fully saturated rings. The fourth-order valence-electron chi connectivity index (χ4n) is 5.91. The van der Waals surface area contributed by atoms with Gasteiger partial charge in [-0.25, -0.2) is 9.37 Å². The van der Waals surface area contributed by atoms with Crippen molar-refractivity contribution in [3.8, 4) is 0 Å². The number of rotatable bonds is 3. The molecule has 4 atom stereocenters. The summed E-state index contributed by atoms with van der Waals surface area (Å²) in [5.41, 5.74) is 3.68. The number of likely N-dealkylation sites (tertiary alicyclic amines) is 1. The molecule has 1 aromatic carbocycles. The van der Waals surface area contributed by atoms with Crippen LogP contribution in [-0.4, -0.2) is 52.4 Å². The van der Waals surface area contributed by atoms with E-state index in [0.29, 0.717) is 23.9 Å². The molecule has 1 amide bonds. The van der Waals surface area contributed by atoms with Gasteiger partial charge in [0, 0.05) is 25.2 Å². The van der Waals surface area contributed by atoms with Gasteiger partial charge in [-0.3, -0.25) is 9.69 Å². The number of piperidine rings is 3. The minimum Gasteiger partial charge on any atom is -0.337 e. The lowest BCUT2D eigenvalue weighted by molar-refractivity contribution is -0.0641. The van der Waals surface area contributed by atoms with Crippen molar-refractivity contribution in [1.29, 1.82) is 0 Å². The number of halogens is 1. The van der Waals surface area contributed by atoms with Crippen LogP contribution >= 0.6 is 11.3 Å². The second-order valence-corrected chi connectivity index (χ2v) is 9.79. The zero-order chi connectivity index (χ0) is 20.0. The second kappa shape index (κ2) is 7.80. The van der Waals surface area contributed by atoms with E-state index in [1.165, 1.54) is 43.1 Å². The minimum atomic E-state index is -0.160. The number of thiazole rings is 1. The number of aryl methyl sites for hydroxylation is 1. The highest BCUT2D eigenvalue weighted by molar-refractivity contribution is 7.11. The number of hydrogen-bond donors (Lipinski definition) is 0. The summed E-state index contributed by atoms with van der Waals surface area (Å²) in [6, 6.07) is 7.99. The molecule has 1 aromatic heterocycles. The Kier molecular flexibility index (Phi) is 5.16. The van der Waals surface area contributed by atoms with Gasteiger partial charge in [-0.05, 0) is 68.7 Å². The average molecular weight is 414 g/mol. The molecule has 0 radical (unpaired) electrons. The van der Waals surface area contributed by atoms with Crippen LogP contribution in [-0.2, 0) is 6.42 Å². The number of benzene rings is 1. The van der Waals surface area contributed by atoms with Crippen LogP contribution in [0.15, 0.2) is 29.8 Å². The van der Waals surface area contributed by atoms with Gasteiger partial charge in [-0.2, -0.15) is 0 Å². The van der Waals surface area contributed by atoms with Gasteiger partial charge >= 0.3 is 0 Å². The minimum absolute atomic E-state index is 0.147. The van der Waals surface area contributed by atoms with Crippen LogP contribution in [0.5, 0.6) is 0 Å². The van der Waals surface area contributed by atoms with E-state index >= 15 is 0 Å². The van der Waals surface area contributed by atoms with E-state index in [0.717, 1.165) is 42.2 Å². The fourth-order valence-corrected chi connectivity index (χ4v) is 6.68. The average Bonchev–Trinajstić information content (AvgIpc) is 3.16. The first-order chi connectivity index (χ1) is 14.1. The lowest BCUT2D eigenvalue weighted by Crippen LogP contribution is -2.64. The summed E-state index contributed by atoms with van der Waals surface area (Å²) in [6.45, 7) is 4.72. The maximum atomic E-state index is 13.8. The first-order valence-electron chi connectivity index (χ1n) is 10.8. The van der Waals surface area contributed by atoms with Crippen LogP contribution in [0.3, 0.4) is 0 Å². The van der Waals surface area contributed by atoms with Crippen LogP contribution in [0.25, 0.3) is 0 Å². The predicted molar refractivity (Wildman–Crippen MR) is 113 cm³/mol. The topological polar surface area (TPSA) is 36.4 Å². The Morgan fingerprint density at radius 1 is 1.28 bits per heavy atom. The predicted octanol–water partition coefficient (Wildman–Crippen LogP) is 4.15. The summed E-state index contributed by atoms with van der Waals surface area (Å²) in [5, 5.41) is 0. The van der Waals surface area contributed by atoms with E-state index in [2.05, 4.69) is 14.8 Å². The maximum Gasteiger partial charge on any atom is 0.265 e. The van der Waals surface area contributed by atoms with Gasteiger partial charge < -0.3 is 4.90 Å². The number of aromatic nitrogens is 1. The van der Waals surface area contributed by atoms with E-state index in [4.69, 9.17) is 0 Å². The summed E-state index contributed by atoms with van der Waals surface area (Å²) in [7, 11) is 0. The fraction of sp³-hybridized carbons (Fsp3) is 0.565. The molecule has 4 nitrogen and oxygen atoms in total. The van der Waals surface area contributed by atoms with Gasteiger partial charge in [0.1, 0.15) is 10.7 Å². The van der Waals surface area contributed by atoms with Crippen LogP contribution in [0.1, 0.15) is 46.6 Å². The van der Waals surface area contributed by atoms with E-state index in [-0.39, 0.29) is 11.7 Å². The summed E-state index contributed by atoms with van der Waals surface area (Å²) in [5.74, 6) is 0.986. The second-order valence-electron chi connectivity index (χ2n) is 8.94. The molecule has 0 spiro atoms. The molecule has 29 heavy (non-hydrogen) atoms. The van der Waals surface area contributed by atoms with Crippen molar-refractivity contribution >= 4 is 17.2 Å². The Hall–Kier alpha value is -1.79. The number of amides is 1. The quantitative estimate of drug-likeness (QED) is 0.759. The molecule has 5 rings (SSSR count). The first-order valence-corrected chi connectivity index (χ1v) is 11.7. The molecule has 0 aliphatic carbocycles. The maximum absolute atomic E-state index is 13.8. The van der Waals surface area contributed by atoms with Crippen molar-refractivity contribution in [2.24, 2.45) is 11.8 Å². The van der Waals surface area contributed by atoms with Crippen molar-refractivity contribution < 1.29 is 9.18 Å². The van der Waals surface area contributed by atoms with E-state index in [9.17, 15) is 9.18 Å². The standard InChI is InChI=1S/C23H28FN3OS/c1-15-22(29-14-25-15)23(28)26-12-17-11-18(13-26)21(27-8-3-2-7-20(17)27)10-16-5-4-6-19(24)9-16/h4-6,9,14,17-18,20-21H,2-3,7-8,10-13H2,1H3/t17-,18+,20+,21+/m1/s1. The van der Waals surface area contributed by atoms with E-state index in [1.54, 1.807) is 11.6 Å². The van der Waals surface area contributed by atoms with Gasteiger partial charge in [0.15, 0.2) is 0 Å². The molecule has 154 valence electrons. The Morgan fingerprint density at radius 3 is 2.93 bits per heavy atom. The van der Waals surface area contributed by atoms with Crippen LogP contribution in [0.2, 0.25) is 0 Å². The highest BCUT2D eigenvalue weighted by Crippen LogP contribution is 2.42. The molecular formula is C23H28FN3OS. The molecule has 6 heteroatoms. The largest absolute Gasteiger partial charge is 0.337 e. The molecule has 3 aliphatic rings. The summed E-state index contributed by atoms with van der Waals surface area (Å²) in [4.78, 5) is 23.1. The van der Waals surface area contributed by atoms with Crippen molar-refractivity contribution in [1.82, 2.24) is 14.8 Å². The van der Waals surface area contributed by atoms with Crippen molar-refractivity contribution in [3.63, 3.8) is 0 Å². The normalized spacial score (nSPS) is 29.5. The lowest BCUT2D eigenvalue weighted by atomic mass is 9.71. The van der Waals surface area contributed by atoms with Crippen molar-refractivity contribution in [2.75, 3.05) is 19.6 Å². The Balaban J connectivity index is 1.42. The zero-order valence-corrected chi connectivity index (χ0v) is 17.7. The smallest absolute Gasteiger partial charge is 0.265 e. The molecule has 0 unspecified atom stereocenters. The molecular weight excluding hydrogens is 385 g/mol. The third-order valence-electron chi connectivity index (χ3n) is 7.18. The summed E-state index contributed by atoms with van der Waals surface area (Å²) < 4.78 is 13.8. The zero-order valence-electron chi connectivity index (χ0n) is 16.9. The molecule has 2 aromatic rings. The van der Waals surface area contributed by atoms with Gasteiger partial charge in [0.25, 0.3) is 5.91 Å². The number of carbonyl (C=O) groups excluding carboxylic acids is 1. The number of carbonyl (C=O) groups is 1. The Labute approximate surface area is 175 Å². The summed E-state index contributed by atoms with van der Waals surface area (Å²) in [6.07, 6.45) is 5.80. The molecule has 3 saturated heterocycles. The molecule has 2 bridgehead atoms. The first kappa shape index (κ1) is 19.2. The van der Waals surface area contributed by atoms with Gasteiger partial charge in [0.2, 0.25) is 0 Å².